The van der Waals surface area contributed by atoms with Crippen molar-refractivity contribution in [1.29, 1.82) is 0 Å². The van der Waals surface area contributed by atoms with Crippen molar-refractivity contribution in [2.45, 2.75) is 0 Å². The summed E-state index contributed by atoms with van der Waals surface area (Å²) >= 11 is 5.73. The fourth-order valence-corrected chi connectivity index (χ4v) is 7.61. The molecule has 0 saturated heterocycles. The molecule has 0 radical (unpaired) electrons. The number of thiophene rings is 3. The molecule has 0 fully saturated rings. The summed E-state index contributed by atoms with van der Waals surface area (Å²) in [5.74, 6) is 0. The lowest BCUT2D eigenvalue weighted by Crippen LogP contribution is -1.69. The minimum Gasteiger partial charge on any atom is -0.135 e. The Bertz CT molecular complexity index is 1550. The molecule has 0 saturated carbocycles. The minimum atomic E-state index is 1.38. The van der Waals surface area contributed by atoms with E-state index < -0.39 is 0 Å². The average molecular weight is 397 g/mol. The van der Waals surface area contributed by atoms with Gasteiger partial charge in [0.15, 0.2) is 0 Å². The molecular formula is C24H12S3. The molecule has 3 aromatic heterocycles. The zero-order valence-electron chi connectivity index (χ0n) is 14.2. The van der Waals surface area contributed by atoms with Crippen LogP contribution in [-0.2, 0) is 0 Å². The van der Waals surface area contributed by atoms with Gasteiger partial charge in [0.25, 0.3) is 0 Å². The lowest BCUT2D eigenvalue weighted by atomic mass is 10.1. The van der Waals surface area contributed by atoms with Crippen LogP contribution in [0, 0.1) is 0 Å². The second-order valence-electron chi connectivity index (χ2n) is 6.99. The van der Waals surface area contributed by atoms with Crippen molar-refractivity contribution >= 4 is 94.5 Å². The predicted octanol–water partition coefficient (Wildman–Crippen LogP) is 8.79. The van der Waals surface area contributed by atoms with Crippen LogP contribution in [0.3, 0.4) is 0 Å². The van der Waals surface area contributed by atoms with E-state index in [1.54, 1.807) is 0 Å². The van der Waals surface area contributed by atoms with Crippen LogP contribution in [0.5, 0.6) is 0 Å². The molecule has 0 aliphatic rings. The van der Waals surface area contributed by atoms with Crippen molar-refractivity contribution in [3.63, 3.8) is 0 Å². The zero-order chi connectivity index (χ0) is 17.5. The molecule has 0 atom stereocenters. The molecule has 0 bridgehead atoms. The smallest absolute Gasteiger partial charge is 0.0362 e. The highest BCUT2D eigenvalue weighted by atomic mass is 32.1. The fourth-order valence-electron chi connectivity index (χ4n) is 4.21. The van der Waals surface area contributed by atoms with Crippen LogP contribution < -0.4 is 0 Å². The van der Waals surface area contributed by atoms with Gasteiger partial charge in [-0.25, -0.2) is 0 Å². The van der Waals surface area contributed by atoms with E-state index in [0.717, 1.165) is 0 Å². The van der Waals surface area contributed by atoms with E-state index in [9.17, 15) is 0 Å². The van der Waals surface area contributed by atoms with Gasteiger partial charge in [-0.3, -0.25) is 0 Å². The summed E-state index contributed by atoms with van der Waals surface area (Å²) in [6.07, 6.45) is 0. The van der Waals surface area contributed by atoms with Crippen LogP contribution in [0.2, 0.25) is 0 Å². The number of hydrogen-bond acceptors (Lipinski definition) is 3. The number of rotatable bonds is 0. The highest BCUT2D eigenvalue weighted by Gasteiger charge is 2.13. The summed E-state index contributed by atoms with van der Waals surface area (Å²) in [4.78, 5) is 0. The van der Waals surface area contributed by atoms with E-state index in [0.29, 0.717) is 0 Å². The number of hydrogen-bond donors (Lipinski definition) is 0. The Kier molecular flexibility index (Phi) is 2.74. The summed E-state index contributed by atoms with van der Waals surface area (Å²) in [5, 5.41) is 8.33. The molecule has 0 spiro atoms. The number of benzene rings is 4. The largest absolute Gasteiger partial charge is 0.135 e. The lowest BCUT2D eigenvalue weighted by Gasteiger charge is -1.95. The van der Waals surface area contributed by atoms with Crippen molar-refractivity contribution in [3.05, 3.63) is 72.8 Å². The molecule has 126 valence electrons. The number of fused-ring (bicyclic) bond motifs is 9. The van der Waals surface area contributed by atoms with Gasteiger partial charge in [-0.1, -0.05) is 36.4 Å². The van der Waals surface area contributed by atoms with Crippen molar-refractivity contribution in [1.82, 2.24) is 0 Å². The van der Waals surface area contributed by atoms with Gasteiger partial charge in [-0.15, -0.1) is 34.0 Å². The SMILES string of the molecule is c1ccc2c(c1)sc1cc3c(cc12)sc1cc2c(cc13)sc1ccccc12. The Morgan fingerprint density at radius 2 is 0.667 bits per heavy atom. The van der Waals surface area contributed by atoms with E-state index in [-0.39, 0.29) is 0 Å². The Labute approximate surface area is 166 Å². The fraction of sp³-hybridized carbons (Fsp3) is 0. The summed E-state index contributed by atoms with van der Waals surface area (Å²) in [6.45, 7) is 0. The van der Waals surface area contributed by atoms with Crippen molar-refractivity contribution in [2.24, 2.45) is 0 Å². The van der Waals surface area contributed by atoms with Gasteiger partial charge in [0.1, 0.15) is 0 Å². The monoisotopic (exact) mass is 396 g/mol. The Hall–Kier alpha value is -2.46. The first-order valence-electron chi connectivity index (χ1n) is 8.94. The molecule has 0 aliphatic carbocycles. The zero-order valence-corrected chi connectivity index (χ0v) is 16.6. The van der Waals surface area contributed by atoms with Crippen molar-refractivity contribution in [2.75, 3.05) is 0 Å². The summed E-state index contributed by atoms with van der Waals surface area (Å²) in [5.41, 5.74) is 0. The molecule has 3 heterocycles. The van der Waals surface area contributed by atoms with E-state index in [4.69, 9.17) is 0 Å². The van der Waals surface area contributed by atoms with Crippen molar-refractivity contribution < 1.29 is 0 Å². The molecule has 0 N–H and O–H groups in total. The van der Waals surface area contributed by atoms with Crippen LogP contribution in [0.1, 0.15) is 0 Å². The maximum atomic E-state index is 2.41. The van der Waals surface area contributed by atoms with Gasteiger partial charge >= 0.3 is 0 Å². The second-order valence-corrected chi connectivity index (χ2v) is 10.2. The van der Waals surface area contributed by atoms with Crippen LogP contribution in [-0.4, -0.2) is 0 Å². The third-order valence-electron chi connectivity index (χ3n) is 5.47. The topological polar surface area (TPSA) is 0 Å². The average Bonchev–Trinajstić information content (AvgIpc) is 3.35. The van der Waals surface area contributed by atoms with Gasteiger partial charge < -0.3 is 0 Å². The van der Waals surface area contributed by atoms with E-state index >= 15 is 0 Å². The van der Waals surface area contributed by atoms with Gasteiger partial charge in [-0.2, -0.15) is 0 Å². The van der Waals surface area contributed by atoms with Gasteiger partial charge in [0.2, 0.25) is 0 Å². The summed E-state index contributed by atoms with van der Waals surface area (Å²) in [7, 11) is 0. The Morgan fingerprint density at radius 1 is 0.333 bits per heavy atom. The molecule has 4 aromatic carbocycles. The van der Waals surface area contributed by atoms with E-state index in [1.807, 2.05) is 34.0 Å². The molecule has 0 unspecified atom stereocenters. The molecule has 27 heavy (non-hydrogen) atoms. The first-order valence-corrected chi connectivity index (χ1v) is 11.4. The van der Waals surface area contributed by atoms with E-state index in [2.05, 4.69) is 72.8 Å². The van der Waals surface area contributed by atoms with Crippen LogP contribution in [0.15, 0.2) is 72.8 Å². The maximum absolute atomic E-state index is 2.41. The molecule has 0 aliphatic heterocycles. The molecule has 7 aromatic rings. The highest BCUT2D eigenvalue weighted by Crippen LogP contribution is 2.44. The minimum absolute atomic E-state index is 1.38. The lowest BCUT2D eigenvalue weighted by molar-refractivity contribution is 1.87. The second kappa shape index (κ2) is 5.08. The normalized spacial score (nSPS) is 12.4. The standard InChI is InChI=1S/C24H12S3/c1-3-7-19-13(5-1)15-9-23-17(11-21(15)25-19)18-12-22-16(10-24(18)27-23)14-6-2-4-8-20(14)26-22/h1-12H. The first kappa shape index (κ1) is 14.6. The molecule has 0 nitrogen and oxygen atoms in total. The molecule has 3 heteroatoms. The van der Waals surface area contributed by atoms with Crippen LogP contribution in [0.25, 0.3) is 60.5 Å². The maximum Gasteiger partial charge on any atom is 0.0362 e. The first-order chi connectivity index (χ1) is 13.3. The van der Waals surface area contributed by atoms with Gasteiger partial charge in [-0.05, 0) is 36.4 Å². The Balaban J connectivity index is 1.64. The van der Waals surface area contributed by atoms with Crippen LogP contribution in [0.4, 0.5) is 0 Å². The third-order valence-corrected chi connectivity index (χ3v) is 8.85. The predicted molar refractivity (Wildman–Crippen MR) is 125 cm³/mol. The third kappa shape index (κ3) is 1.91. The van der Waals surface area contributed by atoms with Crippen LogP contribution >= 0.6 is 34.0 Å². The van der Waals surface area contributed by atoms with Gasteiger partial charge in [0, 0.05) is 60.5 Å². The molecular weight excluding hydrogens is 384 g/mol. The highest BCUT2D eigenvalue weighted by molar-refractivity contribution is 7.28. The molecule has 7 rings (SSSR count). The summed E-state index contributed by atoms with van der Waals surface area (Å²) < 4.78 is 8.31. The van der Waals surface area contributed by atoms with E-state index in [1.165, 1.54) is 60.5 Å². The molecule has 0 amide bonds. The quantitative estimate of drug-likeness (QED) is 0.240. The van der Waals surface area contributed by atoms with Gasteiger partial charge in [0.05, 0.1) is 0 Å². The Morgan fingerprint density at radius 3 is 1.11 bits per heavy atom. The van der Waals surface area contributed by atoms with Crippen molar-refractivity contribution in [3.8, 4) is 0 Å². The summed E-state index contributed by atoms with van der Waals surface area (Å²) in [6, 6.07) is 27.1.